The van der Waals surface area contributed by atoms with Gasteiger partial charge in [0.1, 0.15) is 23.9 Å². The molecule has 0 radical (unpaired) electrons. The molecular formula is C21H33N5O5S. The Morgan fingerprint density at radius 1 is 1.03 bits per heavy atom. The number of rotatable bonds is 16. The molecule has 0 aliphatic carbocycles. The van der Waals surface area contributed by atoms with Crippen LogP contribution in [0, 0.1) is 0 Å². The molecule has 0 aliphatic rings. The number of phenolic OH excluding ortho intramolecular Hbond substituents is 1. The maximum Gasteiger partial charge on any atom is 0.243 e. The Kier molecular flexibility index (Phi) is 12.8. The van der Waals surface area contributed by atoms with Gasteiger partial charge in [0.05, 0.1) is 0 Å². The van der Waals surface area contributed by atoms with Gasteiger partial charge in [0.2, 0.25) is 24.1 Å². The highest BCUT2D eigenvalue weighted by molar-refractivity contribution is 7.98. The quantitative estimate of drug-likeness (QED) is 0.139. The van der Waals surface area contributed by atoms with Crippen molar-refractivity contribution in [3.8, 4) is 5.75 Å². The van der Waals surface area contributed by atoms with Crippen LogP contribution in [0.15, 0.2) is 24.3 Å². The molecule has 0 unspecified atom stereocenters. The zero-order valence-electron chi connectivity index (χ0n) is 18.2. The van der Waals surface area contributed by atoms with E-state index in [1.807, 2.05) is 6.26 Å². The number of nitrogens with two attached hydrogens (primary N) is 2. The Hall–Kier alpha value is -2.79. The number of carbonyl (C=O) groups excluding carboxylic acids is 4. The molecule has 1 aromatic carbocycles. The second kappa shape index (κ2) is 15.1. The van der Waals surface area contributed by atoms with Gasteiger partial charge < -0.3 is 32.5 Å². The molecule has 178 valence electrons. The van der Waals surface area contributed by atoms with E-state index in [-0.39, 0.29) is 12.2 Å². The van der Waals surface area contributed by atoms with Crippen LogP contribution in [0.1, 0.15) is 31.2 Å². The van der Waals surface area contributed by atoms with Gasteiger partial charge >= 0.3 is 0 Å². The summed E-state index contributed by atoms with van der Waals surface area (Å²) < 4.78 is 0. The molecule has 10 nitrogen and oxygen atoms in total. The first-order valence-corrected chi connectivity index (χ1v) is 11.8. The van der Waals surface area contributed by atoms with Crippen LogP contribution in [0.4, 0.5) is 0 Å². The van der Waals surface area contributed by atoms with E-state index in [1.165, 1.54) is 23.9 Å². The molecule has 1 rings (SSSR count). The van der Waals surface area contributed by atoms with Crippen molar-refractivity contribution in [2.45, 2.75) is 50.2 Å². The summed E-state index contributed by atoms with van der Waals surface area (Å²) in [5, 5.41) is 17.2. The highest BCUT2D eigenvalue weighted by Crippen LogP contribution is 2.12. The Labute approximate surface area is 192 Å². The molecule has 3 atom stereocenters. The lowest BCUT2D eigenvalue weighted by atomic mass is 10.0. The van der Waals surface area contributed by atoms with Crippen LogP contribution >= 0.6 is 11.8 Å². The number of amides is 4. The summed E-state index contributed by atoms with van der Waals surface area (Å²) in [6.45, 7) is 0.441. The first-order valence-electron chi connectivity index (χ1n) is 10.4. The van der Waals surface area contributed by atoms with Crippen LogP contribution in [0.25, 0.3) is 0 Å². The first kappa shape index (κ1) is 27.2. The average Bonchev–Trinajstić information content (AvgIpc) is 2.76. The summed E-state index contributed by atoms with van der Waals surface area (Å²) >= 11 is 1.52. The molecule has 0 bridgehead atoms. The van der Waals surface area contributed by atoms with Crippen LogP contribution < -0.4 is 27.4 Å². The summed E-state index contributed by atoms with van der Waals surface area (Å²) in [4.78, 5) is 48.4. The zero-order chi connectivity index (χ0) is 23.9. The minimum Gasteiger partial charge on any atom is -0.508 e. The van der Waals surface area contributed by atoms with Crippen molar-refractivity contribution in [1.29, 1.82) is 0 Å². The summed E-state index contributed by atoms with van der Waals surface area (Å²) in [6, 6.07) is 3.55. The number of unbranched alkanes of at least 4 members (excludes halogenated alkanes) is 1. The van der Waals surface area contributed by atoms with E-state index in [0.29, 0.717) is 50.0 Å². The van der Waals surface area contributed by atoms with Gasteiger partial charge in [-0.15, -0.1) is 0 Å². The smallest absolute Gasteiger partial charge is 0.243 e. The Morgan fingerprint density at radius 2 is 1.66 bits per heavy atom. The van der Waals surface area contributed by atoms with Crippen LogP contribution in [0.5, 0.6) is 5.75 Å². The largest absolute Gasteiger partial charge is 0.508 e. The maximum absolute atomic E-state index is 12.9. The second-order valence-corrected chi connectivity index (χ2v) is 8.28. The summed E-state index contributed by atoms with van der Waals surface area (Å²) in [6.07, 6.45) is 4.40. The third-order valence-electron chi connectivity index (χ3n) is 4.81. The SMILES string of the molecule is CSCC[C@H](NC(=O)[C@H](CCCCN)NC(=O)[C@H](Cc1ccc(O)cc1)NC=O)C(N)=O. The molecule has 0 saturated heterocycles. The van der Waals surface area contributed by atoms with E-state index in [4.69, 9.17) is 11.5 Å². The number of benzene rings is 1. The van der Waals surface area contributed by atoms with Gasteiger partial charge in [-0.25, -0.2) is 0 Å². The van der Waals surface area contributed by atoms with E-state index in [0.717, 1.165) is 0 Å². The van der Waals surface area contributed by atoms with Crippen molar-refractivity contribution in [1.82, 2.24) is 16.0 Å². The topological polar surface area (TPSA) is 177 Å². The molecule has 0 heterocycles. The Balaban J connectivity index is 2.90. The molecule has 0 saturated carbocycles. The van der Waals surface area contributed by atoms with Crippen LogP contribution in [0.2, 0.25) is 0 Å². The molecule has 0 spiro atoms. The van der Waals surface area contributed by atoms with Crippen LogP contribution in [-0.4, -0.2) is 65.9 Å². The van der Waals surface area contributed by atoms with E-state index < -0.39 is 35.8 Å². The number of hydrogen-bond acceptors (Lipinski definition) is 7. The molecule has 32 heavy (non-hydrogen) atoms. The fourth-order valence-corrected chi connectivity index (χ4v) is 3.48. The third kappa shape index (κ3) is 10.0. The average molecular weight is 468 g/mol. The zero-order valence-corrected chi connectivity index (χ0v) is 19.0. The van der Waals surface area contributed by atoms with Gasteiger partial charge in [-0.3, -0.25) is 19.2 Å². The lowest BCUT2D eigenvalue weighted by molar-refractivity contribution is -0.132. The standard InChI is InChI=1S/C21H33N5O5S/c1-32-11-9-16(19(23)29)25-20(30)17(4-2-3-10-22)26-21(31)18(24-13-27)12-14-5-7-15(28)8-6-14/h5-8,13,16-18,28H,2-4,9-12,22H2,1H3,(H2,23,29)(H,24,27)(H,25,30)(H,26,31)/t16-,17-,18-/m0/s1. The van der Waals surface area contributed by atoms with Crippen molar-refractivity contribution in [2.24, 2.45) is 11.5 Å². The molecule has 11 heteroatoms. The van der Waals surface area contributed by atoms with Crippen molar-refractivity contribution < 1.29 is 24.3 Å². The number of carbonyl (C=O) groups is 4. The third-order valence-corrected chi connectivity index (χ3v) is 5.46. The number of phenols is 1. The Morgan fingerprint density at radius 3 is 2.22 bits per heavy atom. The number of nitrogens with one attached hydrogen (secondary N) is 3. The van der Waals surface area contributed by atoms with Gasteiger partial charge in [0, 0.05) is 6.42 Å². The predicted octanol–water partition coefficient (Wildman–Crippen LogP) is -0.614. The minimum atomic E-state index is -0.926. The van der Waals surface area contributed by atoms with Crippen LogP contribution in [0.3, 0.4) is 0 Å². The van der Waals surface area contributed by atoms with Crippen molar-refractivity contribution in [3.63, 3.8) is 0 Å². The molecule has 0 aromatic heterocycles. The number of aromatic hydroxyl groups is 1. The van der Waals surface area contributed by atoms with Crippen molar-refractivity contribution in [2.75, 3.05) is 18.6 Å². The molecule has 8 N–H and O–H groups in total. The monoisotopic (exact) mass is 467 g/mol. The van der Waals surface area contributed by atoms with Gasteiger partial charge in [-0.1, -0.05) is 12.1 Å². The molecular weight excluding hydrogens is 434 g/mol. The molecule has 4 amide bonds. The number of primary amides is 1. The van der Waals surface area contributed by atoms with Crippen LogP contribution in [-0.2, 0) is 25.6 Å². The van der Waals surface area contributed by atoms with Crippen molar-refractivity contribution >= 4 is 35.9 Å². The predicted molar refractivity (Wildman–Crippen MR) is 124 cm³/mol. The Bertz CT molecular complexity index is 747. The lowest BCUT2D eigenvalue weighted by Gasteiger charge is -2.24. The molecule has 1 aromatic rings. The van der Waals surface area contributed by atoms with Gasteiger partial charge in [0.25, 0.3) is 0 Å². The van der Waals surface area contributed by atoms with E-state index >= 15 is 0 Å². The van der Waals surface area contributed by atoms with E-state index in [9.17, 15) is 24.3 Å². The fourth-order valence-electron chi connectivity index (χ4n) is 3.00. The van der Waals surface area contributed by atoms with E-state index in [1.54, 1.807) is 12.1 Å². The fraction of sp³-hybridized carbons (Fsp3) is 0.524. The number of hydrogen-bond donors (Lipinski definition) is 6. The van der Waals surface area contributed by atoms with E-state index in [2.05, 4.69) is 16.0 Å². The lowest BCUT2D eigenvalue weighted by Crippen LogP contribution is -2.56. The number of thioether (sulfide) groups is 1. The molecule has 0 aliphatic heterocycles. The van der Waals surface area contributed by atoms with Crippen molar-refractivity contribution in [3.05, 3.63) is 29.8 Å². The summed E-state index contributed by atoms with van der Waals surface area (Å²) in [7, 11) is 0. The highest BCUT2D eigenvalue weighted by Gasteiger charge is 2.28. The normalized spacial score (nSPS) is 13.4. The molecule has 0 fully saturated rings. The van der Waals surface area contributed by atoms with Gasteiger partial charge in [-0.05, 0) is 61.9 Å². The maximum atomic E-state index is 12.9. The summed E-state index contributed by atoms with van der Waals surface area (Å²) in [5.41, 5.74) is 11.6. The minimum absolute atomic E-state index is 0.0835. The first-order chi connectivity index (χ1) is 15.3. The van der Waals surface area contributed by atoms with Gasteiger partial charge in [-0.2, -0.15) is 11.8 Å². The van der Waals surface area contributed by atoms with Gasteiger partial charge in [0.15, 0.2) is 0 Å². The highest BCUT2D eigenvalue weighted by atomic mass is 32.2. The summed E-state index contributed by atoms with van der Waals surface area (Å²) in [5.74, 6) is -0.990. The second-order valence-electron chi connectivity index (χ2n) is 7.30.